The van der Waals surface area contributed by atoms with Crippen molar-refractivity contribution in [2.45, 2.75) is 25.9 Å². The Balaban J connectivity index is 2.55. The molecule has 0 bridgehead atoms. The third-order valence-electron chi connectivity index (χ3n) is 2.40. The number of alkyl halides is 1. The second-order valence-electron chi connectivity index (χ2n) is 3.50. The topological polar surface area (TPSA) is 51.2 Å². The minimum absolute atomic E-state index is 0.0192. The summed E-state index contributed by atoms with van der Waals surface area (Å²) >= 11 is 0. The predicted octanol–water partition coefficient (Wildman–Crippen LogP) is 0.738. The average Bonchev–Trinajstić information content (AvgIpc) is 2.03. The lowest BCUT2D eigenvalue weighted by Crippen LogP contribution is -2.32. The Morgan fingerprint density at radius 1 is 1.38 bits per heavy atom. The van der Waals surface area contributed by atoms with E-state index in [0.717, 1.165) is 0 Å². The van der Waals surface area contributed by atoms with E-state index in [1.807, 2.05) is 0 Å². The van der Waals surface area contributed by atoms with Gasteiger partial charge in [0.15, 0.2) is 12.0 Å². The molecule has 1 aliphatic rings. The molecular weight excluding hydrogens is 195 g/mol. The first-order valence-corrected chi connectivity index (χ1v) is 6.09. The number of carbonyl (C=O) groups excluding carboxylic acids is 1. The molecule has 76 valence electrons. The fourth-order valence-electron chi connectivity index (χ4n) is 1.53. The number of carbonyl (C=O) groups is 1. The maximum absolute atomic E-state index is 13.1. The van der Waals surface area contributed by atoms with Crippen LogP contribution >= 0.6 is 0 Å². The van der Waals surface area contributed by atoms with Gasteiger partial charge in [-0.3, -0.25) is 4.79 Å². The second kappa shape index (κ2) is 3.74. The molecule has 0 aromatic carbocycles. The minimum Gasteiger partial charge on any atom is -0.297 e. The highest BCUT2D eigenvalue weighted by atomic mass is 32.2. The van der Waals surface area contributed by atoms with Gasteiger partial charge in [-0.2, -0.15) is 0 Å². The Hall–Kier alpha value is -0.450. The van der Waals surface area contributed by atoms with Crippen LogP contribution in [-0.2, 0) is 14.6 Å². The van der Waals surface area contributed by atoms with E-state index >= 15 is 0 Å². The Labute approximate surface area is 77.2 Å². The van der Waals surface area contributed by atoms with Crippen molar-refractivity contribution in [2.24, 2.45) is 5.92 Å². The summed E-state index contributed by atoms with van der Waals surface area (Å²) in [6, 6.07) is 0. The molecule has 0 amide bonds. The van der Waals surface area contributed by atoms with Crippen molar-refractivity contribution >= 4 is 15.6 Å². The zero-order valence-electron chi connectivity index (χ0n) is 7.49. The first kappa shape index (κ1) is 10.6. The van der Waals surface area contributed by atoms with Gasteiger partial charge in [0, 0.05) is 0 Å². The molecule has 0 N–H and O–H groups in total. The van der Waals surface area contributed by atoms with E-state index in [9.17, 15) is 17.6 Å². The summed E-state index contributed by atoms with van der Waals surface area (Å²) in [5.74, 6) is -0.846. The molecule has 1 atom stereocenters. The number of hydrogen-bond donors (Lipinski definition) is 0. The minimum atomic E-state index is -2.95. The van der Waals surface area contributed by atoms with E-state index in [1.165, 1.54) is 6.92 Å². The van der Waals surface area contributed by atoms with Crippen LogP contribution in [0.15, 0.2) is 0 Å². The third kappa shape index (κ3) is 2.76. The van der Waals surface area contributed by atoms with Gasteiger partial charge >= 0.3 is 0 Å². The van der Waals surface area contributed by atoms with E-state index in [4.69, 9.17) is 0 Å². The van der Waals surface area contributed by atoms with Crippen molar-refractivity contribution in [3.05, 3.63) is 0 Å². The monoisotopic (exact) mass is 208 g/mol. The van der Waals surface area contributed by atoms with Crippen molar-refractivity contribution in [1.82, 2.24) is 0 Å². The van der Waals surface area contributed by atoms with Crippen LogP contribution in [0.2, 0.25) is 0 Å². The Bertz CT molecular complexity index is 283. The quantitative estimate of drug-likeness (QED) is 0.672. The lowest BCUT2D eigenvalue weighted by atomic mass is 9.95. The molecule has 0 spiro atoms. The smallest absolute Gasteiger partial charge is 0.164 e. The molecule has 0 aromatic heterocycles. The standard InChI is InChI=1S/C8H13FO3S/c1-6(10)8(9)7-2-4-13(11,12)5-3-7/h7-8H,2-5H2,1H3. The van der Waals surface area contributed by atoms with Crippen molar-refractivity contribution in [2.75, 3.05) is 11.5 Å². The second-order valence-corrected chi connectivity index (χ2v) is 5.81. The number of halogens is 1. The summed E-state index contributed by atoms with van der Waals surface area (Å²) in [6.07, 6.45) is -0.915. The van der Waals surface area contributed by atoms with Crippen LogP contribution in [0.3, 0.4) is 0 Å². The number of Topliss-reactive ketones (excluding diaryl/α,β-unsaturated/α-hetero) is 1. The van der Waals surface area contributed by atoms with Crippen LogP contribution in [0.25, 0.3) is 0 Å². The molecule has 1 aliphatic heterocycles. The number of hydrogen-bond acceptors (Lipinski definition) is 3. The molecule has 0 aliphatic carbocycles. The Kier molecular flexibility index (Phi) is 3.05. The SMILES string of the molecule is CC(=O)C(F)C1CCS(=O)(=O)CC1. The summed E-state index contributed by atoms with van der Waals surface area (Å²) in [4.78, 5) is 10.7. The first-order chi connectivity index (χ1) is 5.92. The van der Waals surface area contributed by atoms with Gasteiger partial charge in [-0.25, -0.2) is 12.8 Å². The van der Waals surface area contributed by atoms with E-state index in [1.54, 1.807) is 0 Å². The summed E-state index contributed by atoms with van der Waals surface area (Å²) in [7, 11) is -2.95. The Morgan fingerprint density at radius 2 is 1.85 bits per heavy atom. The van der Waals surface area contributed by atoms with Crippen LogP contribution < -0.4 is 0 Å². The van der Waals surface area contributed by atoms with E-state index in [-0.39, 0.29) is 30.3 Å². The zero-order valence-corrected chi connectivity index (χ0v) is 8.31. The van der Waals surface area contributed by atoms with Crippen molar-refractivity contribution in [1.29, 1.82) is 0 Å². The van der Waals surface area contributed by atoms with Gasteiger partial charge in [0.25, 0.3) is 0 Å². The van der Waals surface area contributed by atoms with Gasteiger partial charge in [-0.15, -0.1) is 0 Å². The van der Waals surface area contributed by atoms with Gasteiger partial charge in [0.1, 0.15) is 9.84 Å². The summed E-state index contributed by atoms with van der Waals surface area (Å²) in [5.41, 5.74) is 0. The van der Waals surface area contributed by atoms with Gasteiger partial charge in [-0.05, 0) is 25.7 Å². The van der Waals surface area contributed by atoms with Crippen molar-refractivity contribution < 1.29 is 17.6 Å². The summed E-state index contributed by atoms with van der Waals surface area (Å²) < 4.78 is 35.1. The summed E-state index contributed by atoms with van der Waals surface area (Å²) in [6.45, 7) is 1.20. The molecule has 1 rings (SSSR count). The van der Waals surface area contributed by atoms with E-state index in [2.05, 4.69) is 0 Å². The van der Waals surface area contributed by atoms with Crippen molar-refractivity contribution in [3.8, 4) is 0 Å². The number of sulfone groups is 1. The first-order valence-electron chi connectivity index (χ1n) is 4.27. The molecule has 13 heavy (non-hydrogen) atoms. The van der Waals surface area contributed by atoms with Gasteiger partial charge in [0.2, 0.25) is 0 Å². The lowest BCUT2D eigenvalue weighted by Gasteiger charge is -2.23. The molecule has 1 unspecified atom stereocenters. The molecule has 3 nitrogen and oxygen atoms in total. The molecule has 1 heterocycles. The van der Waals surface area contributed by atoms with Crippen molar-refractivity contribution in [3.63, 3.8) is 0 Å². The Morgan fingerprint density at radius 3 is 2.23 bits per heavy atom. The summed E-state index contributed by atoms with van der Waals surface area (Å²) in [5, 5.41) is 0. The van der Waals surface area contributed by atoms with Crippen LogP contribution in [-0.4, -0.2) is 31.9 Å². The maximum atomic E-state index is 13.1. The molecule has 0 radical (unpaired) electrons. The van der Waals surface area contributed by atoms with Gasteiger partial charge in [-0.1, -0.05) is 0 Å². The molecule has 0 saturated carbocycles. The van der Waals surface area contributed by atoms with Crippen LogP contribution in [0.1, 0.15) is 19.8 Å². The predicted molar refractivity (Wildman–Crippen MR) is 47.0 cm³/mol. The molecule has 1 fully saturated rings. The number of rotatable bonds is 2. The van der Waals surface area contributed by atoms with Crippen LogP contribution in [0.5, 0.6) is 0 Å². The average molecular weight is 208 g/mol. The molecule has 0 aromatic rings. The van der Waals surface area contributed by atoms with Crippen LogP contribution in [0, 0.1) is 5.92 Å². The highest BCUT2D eigenvalue weighted by Crippen LogP contribution is 2.24. The highest BCUT2D eigenvalue weighted by molar-refractivity contribution is 7.91. The fourth-order valence-corrected chi connectivity index (χ4v) is 3.06. The maximum Gasteiger partial charge on any atom is 0.164 e. The molecule has 5 heteroatoms. The fraction of sp³-hybridized carbons (Fsp3) is 0.875. The highest BCUT2D eigenvalue weighted by Gasteiger charge is 2.31. The van der Waals surface area contributed by atoms with Gasteiger partial charge in [0.05, 0.1) is 11.5 Å². The normalized spacial score (nSPS) is 25.4. The lowest BCUT2D eigenvalue weighted by molar-refractivity contribution is -0.123. The number of ketones is 1. The largest absolute Gasteiger partial charge is 0.297 e. The van der Waals surface area contributed by atoms with E-state index < -0.39 is 21.8 Å². The molecular formula is C8H13FO3S. The zero-order chi connectivity index (χ0) is 10.1. The molecule has 1 saturated heterocycles. The van der Waals surface area contributed by atoms with Crippen LogP contribution in [0.4, 0.5) is 4.39 Å². The van der Waals surface area contributed by atoms with E-state index in [0.29, 0.717) is 0 Å². The van der Waals surface area contributed by atoms with Gasteiger partial charge < -0.3 is 0 Å². The third-order valence-corrected chi connectivity index (χ3v) is 4.12.